The monoisotopic (exact) mass is 468 g/mol. The second-order valence-electron chi connectivity index (χ2n) is 7.65. The molecule has 12 heteroatoms. The lowest BCUT2D eigenvalue weighted by Gasteiger charge is -2.15. The zero-order valence-electron chi connectivity index (χ0n) is 18.5. The van der Waals surface area contributed by atoms with E-state index in [1.807, 2.05) is 0 Å². The van der Waals surface area contributed by atoms with Gasteiger partial charge in [0, 0.05) is 49.9 Å². The number of nitrogens with one attached hydrogen (secondary N) is 1. The Morgan fingerprint density at radius 1 is 1.24 bits per heavy atom. The molecule has 3 N–H and O–H groups in total. The van der Waals surface area contributed by atoms with Gasteiger partial charge in [-0.15, -0.1) is 9.46 Å². The minimum absolute atomic E-state index is 0.0806. The van der Waals surface area contributed by atoms with Crippen LogP contribution in [0.5, 0.6) is 5.88 Å². The summed E-state index contributed by atoms with van der Waals surface area (Å²) in [5.41, 5.74) is 4.46. The molecular formula is C21H24N8O3S. The number of urea groups is 1. The van der Waals surface area contributed by atoms with Crippen LogP contribution in [-0.2, 0) is 22.8 Å². The third kappa shape index (κ3) is 4.76. The molecule has 0 bridgehead atoms. The van der Waals surface area contributed by atoms with Gasteiger partial charge in [0.2, 0.25) is 5.88 Å². The summed E-state index contributed by atoms with van der Waals surface area (Å²) in [4.78, 5) is 23.3. The Balaban J connectivity index is 1.73. The van der Waals surface area contributed by atoms with Crippen molar-refractivity contribution < 1.29 is 13.7 Å². The smallest absolute Gasteiger partial charge is 0.354 e. The normalized spacial score (nSPS) is 14.2. The van der Waals surface area contributed by atoms with Gasteiger partial charge in [-0.3, -0.25) is 4.98 Å². The number of fused-ring (bicyclic) bond motifs is 1. The number of carbonyl (C=O) groups is 1. The molecule has 172 valence electrons. The average Bonchev–Trinajstić information content (AvgIpc) is 3.28. The molecule has 1 unspecified atom stereocenters. The van der Waals surface area contributed by atoms with Crippen molar-refractivity contribution >= 4 is 27.3 Å². The van der Waals surface area contributed by atoms with E-state index >= 15 is 0 Å². The number of aryl methyl sites for hydroxylation is 1. The summed E-state index contributed by atoms with van der Waals surface area (Å²) in [5.74, 6) is 0.430. The van der Waals surface area contributed by atoms with Crippen LogP contribution >= 0.6 is 0 Å². The first-order valence-electron chi connectivity index (χ1n) is 10.2. The van der Waals surface area contributed by atoms with E-state index in [4.69, 9.17) is 9.88 Å². The van der Waals surface area contributed by atoms with Crippen molar-refractivity contribution in [2.45, 2.75) is 24.3 Å². The van der Waals surface area contributed by atoms with E-state index in [-0.39, 0.29) is 5.03 Å². The van der Waals surface area contributed by atoms with Crippen LogP contribution in [0, 0.1) is 0 Å². The Hall–Kier alpha value is -3.64. The lowest BCUT2D eigenvalue weighted by Crippen LogP contribution is -2.20. The topological polar surface area (TPSA) is 149 Å². The highest BCUT2D eigenvalue weighted by Crippen LogP contribution is 2.37. The van der Waals surface area contributed by atoms with Crippen LogP contribution < -0.4 is 20.1 Å². The molecule has 3 aromatic rings. The lowest BCUT2D eigenvalue weighted by atomic mass is 10.0. The second-order valence-corrected chi connectivity index (χ2v) is 9.39. The highest BCUT2D eigenvalue weighted by molar-refractivity contribution is 7.91. The number of anilines is 2. The van der Waals surface area contributed by atoms with Gasteiger partial charge >= 0.3 is 6.03 Å². The van der Waals surface area contributed by atoms with Gasteiger partial charge in [0.05, 0.1) is 24.7 Å². The first-order chi connectivity index (χ1) is 15.8. The van der Waals surface area contributed by atoms with Crippen LogP contribution in [0.3, 0.4) is 0 Å². The first-order valence-corrected chi connectivity index (χ1v) is 11.7. The molecule has 33 heavy (non-hydrogen) atoms. The molecular weight excluding hydrogens is 444 g/mol. The third-order valence-corrected chi connectivity index (χ3v) is 6.48. The Morgan fingerprint density at radius 3 is 2.82 bits per heavy atom. The number of carbonyl (C=O) groups excluding carboxylic acids is 1. The maximum absolute atomic E-state index is 13.0. The number of pyridine rings is 2. The van der Waals surface area contributed by atoms with Gasteiger partial charge in [-0.05, 0) is 36.5 Å². The number of nitrogens with two attached hydrogens (primary N) is 1. The lowest BCUT2D eigenvalue weighted by molar-refractivity contribution is 0.260. The standard InChI is InChI=1S/C21H24N8O3S/c1-29(2)14-10-19(27-25-11-14)33(22,31)28-21(30)26-20-15-5-4-6-17(15)24-12-16(20)13-7-8-23-18(9-13)32-3/h7-12H,4-6H2,1-3H3,(H3,22,24,26,28,30,31). The maximum atomic E-state index is 13.0. The zero-order valence-corrected chi connectivity index (χ0v) is 19.3. The molecule has 0 aromatic carbocycles. The molecule has 3 heterocycles. The number of ether oxygens (including phenoxy) is 1. The van der Waals surface area contributed by atoms with Crippen molar-refractivity contribution in [1.82, 2.24) is 20.2 Å². The second kappa shape index (κ2) is 9.08. The van der Waals surface area contributed by atoms with Crippen LogP contribution in [0.4, 0.5) is 16.2 Å². The highest BCUT2D eigenvalue weighted by Gasteiger charge is 2.23. The Bertz CT molecular complexity index is 1330. The number of rotatable bonds is 5. The fourth-order valence-corrected chi connectivity index (χ4v) is 4.42. The summed E-state index contributed by atoms with van der Waals surface area (Å²) in [6.45, 7) is 0. The van der Waals surface area contributed by atoms with Gasteiger partial charge in [-0.1, -0.05) is 0 Å². The predicted octanol–water partition coefficient (Wildman–Crippen LogP) is 2.43. The summed E-state index contributed by atoms with van der Waals surface area (Å²) < 4.78 is 22.0. The molecule has 1 atom stereocenters. The number of hydrogen-bond donors (Lipinski definition) is 2. The van der Waals surface area contributed by atoms with E-state index in [1.54, 1.807) is 43.5 Å². The highest BCUT2D eigenvalue weighted by atomic mass is 32.2. The summed E-state index contributed by atoms with van der Waals surface area (Å²) in [5, 5.41) is 16.2. The SMILES string of the molecule is COc1cc(-c2cnc3c(c2NC(=O)N=S(N)(=O)c2cc(N(C)C)cnn2)CCC3)ccn1. The van der Waals surface area contributed by atoms with E-state index in [1.165, 1.54) is 19.4 Å². The molecule has 4 rings (SSSR count). The van der Waals surface area contributed by atoms with Gasteiger partial charge < -0.3 is 15.0 Å². The Labute approximate surface area is 191 Å². The molecule has 3 aromatic heterocycles. The molecule has 0 spiro atoms. The Kier molecular flexibility index (Phi) is 6.20. The van der Waals surface area contributed by atoms with Gasteiger partial charge in [0.15, 0.2) is 14.9 Å². The van der Waals surface area contributed by atoms with E-state index < -0.39 is 15.9 Å². The van der Waals surface area contributed by atoms with Crippen molar-refractivity contribution in [3.05, 3.63) is 48.0 Å². The Morgan fingerprint density at radius 2 is 2.06 bits per heavy atom. The fraction of sp³-hybridized carbons (Fsp3) is 0.286. The average molecular weight is 469 g/mol. The molecule has 11 nitrogen and oxygen atoms in total. The van der Waals surface area contributed by atoms with Crippen molar-refractivity contribution in [3.8, 4) is 17.0 Å². The molecule has 0 saturated heterocycles. The summed E-state index contributed by atoms with van der Waals surface area (Å²) in [6, 6.07) is 4.19. The molecule has 2 amide bonds. The molecule has 0 radical (unpaired) electrons. The van der Waals surface area contributed by atoms with E-state index in [2.05, 4.69) is 29.8 Å². The van der Waals surface area contributed by atoms with Crippen LogP contribution in [0.15, 0.2) is 46.2 Å². The van der Waals surface area contributed by atoms with E-state index in [0.717, 1.165) is 36.1 Å². The minimum Gasteiger partial charge on any atom is -0.481 e. The summed E-state index contributed by atoms with van der Waals surface area (Å²) in [7, 11) is 1.50. The third-order valence-electron chi connectivity index (χ3n) is 5.25. The van der Waals surface area contributed by atoms with Crippen LogP contribution in [0.2, 0.25) is 0 Å². The molecule has 1 aliphatic carbocycles. The number of methoxy groups -OCH3 is 1. The van der Waals surface area contributed by atoms with Crippen LogP contribution in [0.25, 0.3) is 11.1 Å². The van der Waals surface area contributed by atoms with Crippen molar-refractivity contribution in [3.63, 3.8) is 0 Å². The van der Waals surface area contributed by atoms with Crippen molar-refractivity contribution in [1.29, 1.82) is 0 Å². The van der Waals surface area contributed by atoms with Gasteiger partial charge in [-0.2, -0.15) is 5.10 Å². The van der Waals surface area contributed by atoms with Gasteiger partial charge in [0.25, 0.3) is 0 Å². The fourth-order valence-electron chi connectivity index (χ4n) is 3.58. The van der Waals surface area contributed by atoms with Gasteiger partial charge in [0.1, 0.15) is 0 Å². The minimum atomic E-state index is -3.62. The summed E-state index contributed by atoms with van der Waals surface area (Å²) >= 11 is 0. The quantitative estimate of drug-likeness (QED) is 0.580. The maximum Gasteiger partial charge on any atom is 0.354 e. The largest absolute Gasteiger partial charge is 0.481 e. The van der Waals surface area contributed by atoms with Crippen LogP contribution in [0.1, 0.15) is 17.7 Å². The number of amides is 2. The van der Waals surface area contributed by atoms with Crippen LogP contribution in [-0.4, -0.2) is 51.6 Å². The molecule has 1 aliphatic rings. The zero-order chi connectivity index (χ0) is 23.6. The van der Waals surface area contributed by atoms with Gasteiger partial charge in [-0.25, -0.2) is 19.1 Å². The van der Waals surface area contributed by atoms with E-state index in [9.17, 15) is 9.00 Å². The predicted molar refractivity (Wildman–Crippen MR) is 124 cm³/mol. The molecule has 0 fully saturated rings. The van der Waals surface area contributed by atoms with E-state index in [0.29, 0.717) is 22.8 Å². The number of aromatic nitrogens is 4. The number of hydrogen-bond acceptors (Lipinski definition) is 8. The van der Waals surface area contributed by atoms with Crippen molar-refractivity contribution in [2.75, 3.05) is 31.4 Å². The van der Waals surface area contributed by atoms with Crippen molar-refractivity contribution in [2.24, 2.45) is 9.50 Å². The molecule has 0 aliphatic heterocycles. The molecule has 0 saturated carbocycles. The first kappa shape index (κ1) is 22.6. The number of nitrogens with zero attached hydrogens (tertiary/aromatic N) is 6. The summed E-state index contributed by atoms with van der Waals surface area (Å²) in [6.07, 6.45) is 7.29.